The second-order valence-corrected chi connectivity index (χ2v) is 16.5. The minimum Gasteiger partial charge on any atom is -0.511 e. The molecule has 4 N–H and O–H groups in total. The first kappa shape index (κ1) is 31.3. The van der Waals surface area contributed by atoms with E-state index >= 15 is 0 Å². The zero-order chi connectivity index (χ0) is 33.5. The van der Waals surface area contributed by atoms with Crippen LogP contribution in [0.5, 0.6) is 5.75 Å². The molecular weight excluding hydrogens is 584 g/mol. The lowest BCUT2D eigenvalue weighted by molar-refractivity contribution is -0.196. The molecule has 7 aliphatic carbocycles. The van der Waals surface area contributed by atoms with Crippen LogP contribution in [-0.2, 0) is 14.4 Å². The van der Waals surface area contributed by atoms with Crippen molar-refractivity contribution in [1.82, 2.24) is 0 Å². The van der Waals surface area contributed by atoms with E-state index in [0.29, 0.717) is 23.3 Å². The van der Waals surface area contributed by atoms with Gasteiger partial charge in [0.05, 0.1) is 5.56 Å². The third kappa shape index (κ3) is 3.54. The highest BCUT2D eigenvalue weighted by Crippen LogP contribution is 2.72. The van der Waals surface area contributed by atoms with Crippen molar-refractivity contribution in [2.45, 2.75) is 98.0 Å². The Morgan fingerprint density at radius 2 is 1.52 bits per heavy atom. The maximum atomic E-state index is 15.0. The van der Waals surface area contributed by atoms with Crippen LogP contribution in [0.15, 0.2) is 40.9 Å². The van der Waals surface area contributed by atoms with E-state index in [9.17, 15) is 39.6 Å². The van der Waals surface area contributed by atoms with Gasteiger partial charge in [0, 0.05) is 34.2 Å². The van der Waals surface area contributed by atoms with Crippen molar-refractivity contribution in [3.63, 3.8) is 0 Å². The summed E-state index contributed by atoms with van der Waals surface area (Å²) in [5.41, 5.74) is -6.55. The summed E-state index contributed by atoms with van der Waals surface area (Å²) in [6.45, 7) is 10.1. The van der Waals surface area contributed by atoms with Gasteiger partial charge >= 0.3 is 0 Å². The van der Waals surface area contributed by atoms with Gasteiger partial charge in [-0.3, -0.25) is 19.2 Å². The van der Waals surface area contributed by atoms with E-state index in [4.69, 9.17) is 0 Å². The van der Waals surface area contributed by atoms with Gasteiger partial charge in [-0.05, 0) is 92.6 Å². The SMILES string of the molecule is CC(=O)C1=C(O)C(C(C)C)[C@@]2(C)[C@H](CC(=O)C34CC5CC(CC(C5)C3)C4)[C@]3(C)C(=C(O)[C@@]2(O)C1=O)C(=O)c1c(O)cccc1[C@H]3C. The fourth-order valence-electron chi connectivity index (χ4n) is 12.4. The average molecular weight is 631 g/mol. The van der Waals surface area contributed by atoms with Crippen LogP contribution in [0.1, 0.15) is 108 Å². The van der Waals surface area contributed by atoms with Crippen LogP contribution in [0.3, 0.4) is 0 Å². The zero-order valence-corrected chi connectivity index (χ0v) is 27.6. The summed E-state index contributed by atoms with van der Waals surface area (Å²) in [7, 11) is 0. The molecule has 4 bridgehead atoms. The van der Waals surface area contributed by atoms with Gasteiger partial charge < -0.3 is 20.4 Å². The van der Waals surface area contributed by atoms with E-state index in [0.717, 1.165) is 45.4 Å². The van der Waals surface area contributed by atoms with Crippen LogP contribution >= 0.6 is 0 Å². The number of aliphatic hydroxyl groups is 3. The number of aromatic hydroxyl groups is 1. The number of hydrogen-bond donors (Lipinski definition) is 4. The Labute approximate surface area is 270 Å². The summed E-state index contributed by atoms with van der Waals surface area (Å²) in [5.74, 6) is -5.56. The van der Waals surface area contributed by atoms with Crippen LogP contribution in [0.25, 0.3) is 0 Å². The maximum absolute atomic E-state index is 15.0. The monoisotopic (exact) mass is 630 g/mol. The molecule has 0 saturated heterocycles. The molecule has 8 heteroatoms. The standard InChI is InChI=1S/C38H46O8/c1-17(2)29-31(42)27(19(4)39)33(44)38(46)34(45)30-32(43)28-23(8-7-9-24(28)40)18(3)35(30,5)25(36(29,38)6)13-26(41)37-14-20-10-21(15-37)12-22(11-20)16-37/h7-9,17-18,20-22,25,29,40,42,45-46H,10-16H2,1-6H3/t18-,20?,21?,22?,25-,29?,35-,36-,37?,38+/m1/s1. The average Bonchev–Trinajstić information content (AvgIpc) is 2.95. The summed E-state index contributed by atoms with van der Waals surface area (Å²) >= 11 is 0. The molecule has 7 aliphatic rings. The molecule has 46 heavy (non-hydrogen) atoms. The molecular formula is C38H46O8. The van der Waals surface area contributed by atoms with Crippen LogP contribution < -0.4 is 0 Å². The topological polar surface area (TPSA) is 149 Å². The molecule has 8 nitrogen and oxygen atoms in total. The number of carbonyl (C=O) groups excluding carboxylic acids is 4. The largest absolute Gasteiger partial charge is 0.511 e. The number of phenols is 1. The van der Waals surface area contributed by atoms with Gasteiger partial charge in [0.2, 0.25) is 5.78 Å². The Balaban J connectivity index is 1.51. The smallest absolute Gasteiger partial charge is 0.209 e. The number of rotatable bonds is 5. The number of phenolic OH excluding ortho intramolecular Hbond substituents is 1. The molecule has 8 rings (SSSR count). The second-order valence-electron chi connectivity index (χ2n) is 16.5. The predicted molar refractivity (Wildman–Crippen MR) is 169 cm³/mol. The van der Waals surface area contributed by atoms with E-state index < -0.39 is 80.0 Å². The number of hydrogen-bond acceptors (Lipinski definition) is 8. The highest BCUT2D eigenvalue weighted by atomic mass is 16.4. The molecule has 6 atom stereocenters. The Hall–Kier alpha value is -3.26. The number of aliphatic hydroxyl groups excluding tert-OH is 2. The van der Waals surface area contributed by atoms with Crippen LogP contribution in [0.4, 0.5) is 0 Å². The van der Waals surface area contributed by atoms with Gasteiger partial charge in [0.1, 0.15) is 28.6 Å². The first-order chi connectivity index (χ1) is 21.4. The van der Waals surface area contributed by atoms with Gasteiger partial charge in [0.25, 0.3) is 0 Å². The van der Waals surface area contributed by atoms with Crippen LogP contribution in [0, 0.1) is 51.8 Å². The summed E-state index contributed by atoms with van der Waals surface area (Å²) in [6.07, 6.45) is 5.81. The Kier molecular flexibility index (Phi) is 6.57. The van der Waals surface area contributed by atoms with Crippen molar-refractivity contribution < 1.29 is 39.6 Å². The quantitative estimate of drug-likeness (QED) is 0.277. The van der Waals surface area contributed by atoms with Crippen molar-refractivity contribution >= 4 is 23.1 Å². The number of allylic oxidation sites excluding steroid dienone is 2. The van der Waals surface area contributed by atoms with Crippen molar-refractivity contribution in [2.24, 2.45) is 51.8 Å². The summed E-state index contributed by atoms with van der Waals surface area (Å²) in [5, 5.41) is 47.7. The first-order valence-electron chi connectivity index (χ1n) is 17.0. The van der Waals surface area contributed by atoms with Gasteiger partial charge in [0.15, 0.2) is 17.2 Å². The van der Waals surface area contributed by atoms with Crippen molar-refractivity contribution in [2.75, 3.05) is 0 Å². The molecule has 0 aliphatic heterocycles. The number of fused-ring (bicyclic) bond motifs is 3. The van der Waals surface area contributed by atoms with E-state index in [1.165, 1.54) is 6.07 Å². The number of benzene rings is 1. The molecule has 1 aromatic carbocycles. The number of ketones is 4. The number of carbonyl (C=O) groups is 4. The maximum Gasteiger partial charge on any atom is 0.209 e. The van der Waals surface area contributed by atoms with E-state index in [-0.39, 0.29) is 29.1 Å². The minimum absolute atomic E-state index is 0.0127. The van der Waals surface area contributed by atoms with Gasteiger partial charge in [-0.25, -0.2) is 0 Å². The van der Waals surface area contributed by atoms with Crippen molar-refractivity contribution in [1.29, 1.82) is 0 Å². The van der Waals surface area contributed by atoms with Crippen LogP contribution in [0.2, 0.25) is 0 Å². The number of Topliss-reactive ketones (excluding diaryl/α,β-unsaturated/α-hetero) is 4. The lowest BCUT2D eigenvalue weighted by atomic mass is 9.37. The lowest BCUT2D eigenvalue weighted by Gasteiger charge is -2.65. The van der Waals surface area contributed by atoms with E-state index in [1.807, 2.05) is 27.7 Å². The third-order valence-corrected chi connectivity index (χ3v) is 14.0. The Bertz CT molecular complexity index is 1640. The lowest BCUT2D eigenvalue weighted by Crippen LogP contribution is -2.72. The van der Waals surface area contributed by atoms with Gasteiger partial charge in [-0.2, -0.15) is 0 Å². The van der Waals surface area contributed by atoms with Gasteiger partial charge in [-0.15, -0.1) is 0 Å². The molecule has 1 unspecified atom stereocenters. The molecule has 246 valence electrons. The van der Waals surface area contributed by atoms with E-state index in [1.54, 1.807) is 19.1 Å². The highest BCUT2D eigenvalue weighted by molar-refractivity contribution is 6.25. The fourth-order valence-corrected chi connectivity index (χ4v) is 12.4. The van der Waals surface area contributed by atoms with Crippen LogP contribution in [-0.4, -0.2) is 49.2 Å². The molecule has 0 spiro atoms. The third-order valence-electron chi connectivity index (χ3n) is 14.0. The molecule has 0 radical (unpaired) electrons. The van der Waals surface area contributed by atoms with Crippen molar-refractivity contribution in [3.8, 4) is 5.75 Å². The molecule has 0 heterocycles. The second kappa shape index (κ2) is 9.65. The normalized spacial score (nSPS) is 42.7. The zero-order valence-electron chi connectivity index (χ0n) is 27.6. The molecule has 0 aromatic heterocycles. The Morgan fingerprint density at radius 1 is 0.957 bits per heavy atom. The molecule has 4 saturated carbocycles. The summed E-state index contributed by atoms with van der Waals surface area (Å²) in [4.78, 5) is 56.8. The van der Waals surface area contributed by atoms with E-state index in [2.05, 4.69) is 0 Å². The molecule has 4 fully saturated rings. The molecule has 1 aromatic rings. The van der Waals surface area contributed by atoms with Gasteiger partial charge in [-0.1, -0.05) is 46.8 Å². The fraction of sp³-hybridized carbons (Fsp3) is 0.632. The van der Waals surface area contributed by atoms with Crippen molar-refractivity contribution in [3.05, 3.63) is 52.0 Å². The first-order valence-corrected chi connectivity index (χ1v) is 17.0. The Morgan fingerprint density at radius 3 is 2.04 bits per heavy atom. The summed E-state index contributed by atoms with van der Waals surface area (Å²) in [6, 6.07) is 4.80. The predicted octanol–water partition coefficient (Wildman–Crippen LogP) is 6.31. The summed E-state index contributed by atoms with van der Waals surface area (Å²) < 4.78 is 0. The molecule has 0 amide bonds. The minimum atomic E-state index is -2.78. The highest BCUT2D eigenvalue weighted by Gasteiger charge is 2.76.